The van der Waals surface area contributed by atoms with Crippen molar-refractivity contribution < 1.29 is 27.4 Å². The molecule has 1 N–H and O–H groups in total. The minimum Gasteiger partial charge on any atom is -0.506 e. The Kier molecular flexibility index (Phi) is 5.71. The number of ether oxygens (including phenoxy) is 1. The highest BCUT2D eigenvalue weighted by atomic mass is 19.4. The Morgan fingerprint density at radius 1 is 1.09 bits per heavy atom. The summed E-state index contributed by atoms with van der Waals surface area (Å²) in [5.74, 6) is -1.15. The first-order chi connectivity index (χ1) is 15.7. The van der Waals surface area contributed by atoms with Crippen molar-refractivity contribution in [1.82, 2.24) is 19.5 Å². The molecule has 3 heterocycles. The van der Waals surface area contributed by atoms with Crippen LogP contribution in [0.25, 0.3) is 22.4 Å². The molecule has 0 spiro atoms. The van der Waals surface area contributed by atoms with Gasteiger partial charge in [-0.2, -0.15) is 13.2 Å². The summed E-state index contributed by atoms with van der Waals surface area (Å²) in [6, 6.07) is 8.36. The van der Waals surface area contributed by atoms with E-state index in [0.29, 0.717) is 0 Å². The second kappa shape index (κ2) is 8.49. The maximum Gasteiger partial charge on any atom is 0.434 e. The SMILES string of the molecule is COc1cccc(CCn2c(-c3ncccc3O)nc3ccnc(C(F)(F)F)c3c2=O)c1F. The van der Waals surface area contributed by atoms with Gasteiger partial charge in [0.15, 0.2) is 23.1 Å². The van der Waals surface area contributed by atoms with E-state index in [1.54, 1.807) is 6.07 Å². The molecule has 11 heteroatoms. The van der Waals surface area contributed by atoms with Gasteiger partial charge in [0.2, 0.25) is 0 Å². The summed E-state index contributed by atoms with van der Waals surface area (Å²) in [5.41, 5.74) is -2.60. The minimum atomic E-state index is -4.90. The van der Waals surface area contributed by atoms with Crippen molar-refractivity contribution in [3.05, 3.63) is 76.2 Å². The highest BCUT2D eigenvalue weighted by molar-refractivity contribution is 5.82. The number of hydrogen-bond donors (Lipinski definition) is 1. The first-order valence-corrected chi connectivity index (χ1v) is 9.65. The third kappa shape index (κ3) is 4.09. The van der Waals surface area contributed by atoms with E-state index in [0.717, 1.165) is 10.8 Å². The van der Waals surface area contributed by atoms with Crippen LogP contribution in [0.1, 0.15) is 11.3 Å². The van der Waals surface area contributed by atoms with Crippen LogP contribution in [0, 0.1) is 5.82 Å². The van der Waals surface area contributed by atoms with Gasteiger partial charge < -0.3 is 9.84 Å². The van der Waals surface area contributed by atoms with E-state index < -0.39 is 28.6 Å². The van der Waals surface area contributed by atoms with Crippen molar-refractivity contribution in [3.63, 3.8) is 0 Å². The summed E-state index contributed by atoms with van der Waals surface area (Å²) in [5, 5.41) is 9.52. The second-order valence-electron chi connectivity index (χ2n) is 7.00. The molecule has 0 saturated heterocycles. The van der Waals surface area contributed by atoms with E-state index in [9.17, 15) is 27.5 Å². The van der Waals surface area contributed by atoms with Crippen molar-refractivity contribution in [2.45, 2.75) is 19.1 Å². The first-order valence-electron chi connectivity index (χ1n) is 9.65. The molecule has 4 rings (SSSR count). The van der Waals surface area contributed by atoms with Crippen LogP contribution >= 0.6 is 0 Å². The van der Waals surface area contributed by atoms with E-state index in [1.165, 1.54) is 43.6 Å². The number of methoxy groups -OCH3 is 1. The van der Waals surface area contributed by atoms with E-state index in [-0.39, 0.29) is 47.1 Å². The molecule has 33 heavy (non-hydrogen) atoms. The van der Waals surface area contributed by atoms with Crippen molar-refractivity contribution in [1.29, 1.82) is 0 Å². The van der Waals surface area contributed by atoms with Crippen LogP contribution in [-0.2, 0) is 19.1 Å². The smallest absolute Gasteiger partial charge is 0.434 e. The quantitative estimate of drug-likeness (QED) is 0.454. The lowest BCUT2D eigenvalue weighted by Gasteiger charge is -2.16. The largest absolute Gasteiger partial charge is 0.506 e. The number of halogens is 4. The molecule has 4 aromatic rings. The number of nitrogens with zero attached hydrogens (tertiary/aromatic N) is 4. The first kappa shape index (κ1) is 22.2. The van der Waals surface area contributed by atoms with Gasteiger partial charge in [0.05, 0.1) is 18.0 Å². The van der Waals surface area contributed by atoms with Crippen molar-refractivity contribution in [3.8, 4) is 23.0 Å². The van der Waals surface area contributed by atoms with Gasteiger partial charge in [-0.1, -0.05) is 12.1 Å². The fourth-order valence-corrected chi connectivity index (χ4v) is 3.47. The zero-order chi connectivity index (χ0) is 23.8. The van der Waals surface area contributed by atoms with Crippen molar-refractivity contribution >= 4 is 10.9 Å². The normalized spacial score (nSPS) is 11.7. The van der Waals surface area contributed by atoms with Gasteiger partial charge in [-0.05, 0) is 36.2 Å². The molecule has 0 bridgehead atoms. The van der Waals surface area contributed by atoms with Crippen LogP contribution < -0.4 is 10.3 Å². The predicted molar refractivity (Wildman–Crippen MR) is 110 cm³/mol. The van der Waals surface area contributed by atoms with E-state index in [4.69, 9.17) is 4.74 Å². The molecule has 0 saturated carbocycles. The summed E-state index contributed by atoms with van der Waals surface area (Å²) in [4.78, 5) is 24.8. The van der Waals surface area contributed by atoms with E-state index >= 15 is 0 Å². The maximum atomic E-state index is 14.6. The van der Waals surface area contributed by atoms with Crippen molar-refractivity contribution in [2.24, 2.45) is 0 Å². The monoisotopic (exact) mass is 460 g/mol. The second-order valence-corrected chi connectivity index (χ2v) is 7.00. The molecule has 0 fully saturated rings. The summed E-state index contributed by atoms with van der Waals surface area (Å²) in [7, 11) is 1.30. The third-order valence-corrected chi connectivity index (χ3v) is 5.00. The van der Waals surface area contributed by atoms with Gasteiger partial charge in [0, 0.05) is 18.9 Å². The third-order valence-electron chi connectivity index (χ3n) is 5.00. The Morgan fingerprint density at radius 3 is 2.58 bits per heavy atom. The van der Waals surface area contributed by atoms with Crippen LogP contribution in [0.5, 0.6) is 11.5 Å². The van der Waals surface area contributed by atoms with Crippen LogP contribution in [0.3, 0.4) is 0 Å². The molecule has 1 aromatic carbocycles. The van der Waals surface area contributed by atoms with E-state index in [1.807, 2.05) is 0 Å². The van der Waals surface area contributed by atoms with Crippen molar-refractivity contribution in [2.75, 3.05) is 7.11 Å². The Morgan fingerprint density at radius 2 is 1.88 bits per heavy atom. The van der Waals surface area contributed by atoms with Gasteiger partial charge in [-0.15, -0.1) is 0 Å². The number of benzene rings is 1. The highest BCUT2D eigenvalue weighted by Gasteiger charge is 2.36. The topological polar surface area (TPSA) is 90.1 Å². The fraction of sp³-hybridized carbons (Fsp3) is 0.182. The molecule has 7 nitrogen and oxygen atoms in total. The Labute approximate surface area is 184 Å². The number of aromatic nitrogens is 4. The summed E-state index contributed by atoms with van der Waals surface area (Å²) >= 11 is 0. The summed E-state index contributed by atoms with van der Waals surface area (Å²) in [6.45, 7) is -0.247. The molecular weight excluding hydrogens is 444 g/mol. The van der Waals surface area contributed by atoms with Crippen LogP contribution in [-0.4, -0.2) is 31.7 Å². The van der Waals surface area contributed by atoms with Crippen LogP contribution in [0.4, 0.5) is 17.6 Å². The van der Waals surface area contributed by atoms with Gasteiger partial charge in [-0.3, -0.25) is 14.3 Å². The average Bonchev–Trinajstić information content (AvgIpc) is 2.78. The van der Waals surface area contributed by atoms with E-state index in [2.05, 4.69) is 15.0 Å². The molecule has 3 aromatic heterocycles. The zero-order valence-electron chi connectivity index (χ0n) is 17.1. The minimum absolute atomic E-state index is 0.0114. The lowest BCUT2D eigenvalue weighted by Crippen LogP contribution is -2.27. The van der Waals surface area contributed by atoms with Gasteiger partial charge >= 0.3 is 6.18 Å². The van der Waals surface area contributed by atoms with Gasteiger partial charge in [0.1, 0.15) is 11.4 Å². The number of pyridine rings is 2. The fourth-order valence-electron chi connectivity index (χ4n) is 3.47. The number of rotatable bonds is 5. The number of aryl methyl sites for hydroxylation is 1. The lowest BCUT2D eigenvalue weighted by atomic mass is 10.1. The molecule has 0 aliphatic heterocycles. The average molecular weight is 460 g/mol. The van der Waals surface area contributed by atoms with Gasteiger partial charge in [-0.25, -0.2) is 14.4 Å². The molecule has 0 amide bonds. The zero-order valence-corrected chi connectivity index (χ0v) is 17.1. The lowest BCUT2D eigenvalue weighted by molar-refractivity contribution is -0.139. The van der Waals surface area contributed by atoms with Crippen LogP contribution in [0.15, 0.2) is 53.6 Å². The summed E-state index contributed by atoms with van der Waals surface area (Å²) in [6.07, 6.45) is -2.73. The standard InChI is InChI=1S/C22H16F4N4O3/c1-33-15-6-2-4-12(17(15)23)8-11-30-20(18-14(31)5-3-9-27-18)29-13-7-10-28-19(22(24,25)26)16(13)21(30)32/h2-7,9-10,31H,8,11H2,1H3. The Hall–Kier alpha value is -4.02. The van der Waals surface area contributed by atoms with Gasteiger partial charge in [0.25, 0.3) is 5.56 Å². The molecule has 0 aliphatic carbocycles. The molecule has 0 aliphatic rings. The molecule has 0 atom stereocenters. The number of hydrogen-bond acceptors (Lipinski definition) is 6. The number of aromatic hydroxyl groups is 1. The highest BCUT2D eigenvalue weighted by Crippen LogP contribution is 2.32. The Bertz CT molecular complexity index is 1400. The molecular formula is C22H16F4N4O3. The molecule has 0 unspecified atom stereocenters. The number of fused-ring (bicyclic) bond motifs is 1. The molecule has 0 radical (unpaired) electrons. The van der Waals surface area contributed by atoms with Crippen LogP contribution in [0.2, 0.25) is 0 Å². The molecule has 170 valence electrons. The predicted octanol–water partition coefficient (Wildman–Crippen LogP) is 3.97. The maximum absolute atomic E-state index is 14.6. The summed E-state index contributed by atoms with van der Waals surface area (Å²) < 4.78 is 61.1. The number of alkyl halides is 3. The Balaban J connectivity index is 1.94.